The Morgan fingerprint density at radius 3 is 2.61 bits per heavy atom. The molecule has 1 aliphatic rings. The summed E-state index contributed by atoms with van der Waals surface area (Å²) < 4.78 is 1.23. The number of quaternary nitrogens is 1. The average Bonchev–Trinajstić information content (AvgIpc) is 3.34. The first-order valence-corrected chi connectivity index (χ1v) is 11.1. The second kappa shape index (κ2) is 8.41. The van der Waals surface area contributed by atoms with E-state index < -0.39 is 0 Å². The minimum atomic E-state index is 0.110. The summed E-state index contributed by atoms with van der Waals surface area (Å²) in [5, 5.41) is 4.40. The van der Waals surface area contributed by atoms with Gasteiger partial charge in [-0.1, -0.05) is 44.2 Å². The molecule has 146 valence electrons. The van der Waals surface area contributed by atoms with Gasteiger partial charge in [0, 0.05) is 18.5 Å². The molecule has 1 unspecified atom stereocenters. The Bertz CT molecular complexity index is 926. The molecule has 1 saturated heterocycles. The van der Waals surface area contributed by atoms with Crippen molar-refractivity contribution < 1.29 is 9.69 Å². The van der Waals surface area contributed by atoms with Crippen LogP contribution in [-0.2, 0) is 17.6 Å². The van der Waals surface area contributed by atoms with Crippen molar-refractivity contribution in [2.75, 3.05) is 18.4 Å². The summed E-state index contributed by atoms with van der Waals surface area (Å²) in [6.45, 7) is 5.81. The van der Waals surface area contributed by atoms with Gasteiger partial charge in [0.2, 0.25) is 0 Å². The van der Waals surface area contributed by atoms with Crippen LogP contribution in [-0.4, -0.2) is 24.0 Å². The molecular weight excluding hydrogens is 366 g/mol. The lowest BCUT2D eigenvalue weighted by Crippen LogP contribution is -3.11. The van der Waals surface area contributed by atoms with Crippen LogP contribution in [0, 0.1) is 0 Å². The van der Waals surface area contributed by atoms with Gasteiger partial charge in [-0.25, -0.2) is 4.98 Å². The van der Waals surface area contributed by atoms with Crippen LogP contribution in [0.3, 0.4) is 0 Å². The lowest BCUT2D eigenvalue weighted by atomic mass is 10.0. The highest BCUT2D eigenvalue weighted by Crippen LogP contribution is 2.28. The number of anilines is 1. The summed E-state index contributed by atoms with van der Waals surface area (Å²) in [5.74, 6) is 0.110. The number of rotatable bonds is 6. The summed E-state index contributed by atoms with van der Waals surface area (Å²) in [7, 11) is 0. The third-order valence-electron chi connectivity index (χ3n) is 5.74. The number of para-hydroxylation sites is 2. The third kappa shape index (κ3) is 3.82. The molecule has 1 fully saturated rings. The van der Waals surface area contributed by atoms with E-state index in [1.165, 1.54) is 25.7 Å². The van der Waals surface area contributed by atoms with Crippen LogP contribution < -0.4 is 10.2 Å². The van der Waals surface area contributed by atoms with E-state index in [4.69, 9.17) is 4.98 Å². The van der Waals surface area contributed by atoms with Crippen LogP contribution in [0.2, 0.25) is 0 Å². The fraction of sp³-hybridized carbons (Fsp3) is 0.391. The van der Waals surface area contributed by atoms with E-state index in [1.807, 2.05) is 6.07 Å². The van der Waals surface area contributed by atoms with Crippen LogP contribution in [0.1, 0.15) is 48.9 Å². The Hall–Kier alpha value is -2.24. The van der Waals surface area contributed by atoms with Crippen LogP contribution in [0.25, 0.3) is 10.2 Å². The maximum absolute atomic E-state index is 12.9. The summed E-state index contributed by atoms with van der Waals surface area (Å²) >= 11 is 1.78. The summed E-state index contributed by atoms with van der Waals surface area (Å²) in [4.78, 5) is 19.1. The van der Waals surface area contributed by atoms with Crippen molar-refractivity contribution >= 4 is 33.1 Å². The first kappa shape index (κ1) is 19.1. The van der Waals surface area contributed by atoms with E-state index in [9.17, 15) is 4.79 Å². The van der Waals surface area contributed by atoms with Crippen LogP contribution in [0.5, 0.6) is 0 Å². The van der Waals surface area contributed by atoms with Gasteiger partial charge in [0.15, 0.2) is 11.6 Å². The number of thiazole rings is 1. The molecule has 1 aromatic heterocycles. The zero-order chi connectivity index (χ0) is 19.5. The molecule has 0 radical (unpaired) electrons. The lowest BCUT2D eigenvalue weighted by Gasteiger charge is -2.20. The topological polar surface area (TPSA) is 46.4 Å². The fourth-order valence-corrected chi connectivity index (χ4v) is 5.41. The number of fused-ring (bicyclic) bond motifs is 1. The molecular formula is C23H28N3OS+. The Morgan fingerprint density at radius 1 is 1.14 bits per heavy atom. The minimum Gasteiger partial charge on any atom is -0.321 e. The molecule has 0 aliphatic carbocycles. The zero-order valence-corrected chi connectivity index (χ0v) is 17.4. The zero-order valence-electron chi connectivity index (χ0n) is 16.6. The number of likely N-dealkylation sites (tertiary alicyclic amines) is 1. The first-order valence-electron chi connectivity index (χ1n) is 10.3. The molecule has 1 amide bonds. The van der Waals surface area contributed by atoms with Gasteiger partial charge in [0.25, 0.3) is 5.91 Å². The fourth-order valence-electron chi connectivity index (χ4n) is 4.25. The van der Waals surface area contributed by atoms with Crippen LogP contribution in [0.4, 0.5) is 5.69 Å². The molecule has 2 atom stereocenters. The molecule has 5 heteroatoms. The van der Waals surface area contributed by atoms with Crippen molar-refractivity contribution in [2.24, 2.45) is 0 Å². The number of nitrogens with zero attached hydrogens (tertiary/aromatic N) is 1. The molecule has 1 aliphatic heterocycles. The lowest BCUT2D eigenvalue weighted by molar-refractivity contribution is -0.910. The number of hydrogen-bond acceptors (Lipinski definition) is 3. The number of aromatic nitrogens is 1. The van der Waals surface area contributed by atoms with E-state index in [2.05, 4.69) is 55.6 Å². The maximum atomic E-state index is 12.9. The SMILES string of the molecule is CCc1cccc(CC)c1NC(=O)C[NH+]1CCC[C@H]1c1nc2ccccc2s1. The standard InChI is InChI=1S/C23H27N3OS/c1-3-16-9-7-10-17(4-2)22(16)25-21(27)15-26-14-8-12-19(26)23-24-18-11-5-6-13-20(18)28-23/h5-7,9-11,13,19H,3-4,8,12,14-15H2,1-2H3,(H,25,27)/p+1/t19-/m0/s1. The Morgan fingerprint density at radius 2 is 1.89 bits per heavy atom. The Balaban J connectivity index is 1.50. The highest BCUT2D eigenvalue weighted by molar-refractivity contribution is 7.18. The maximum Gasteiger partial charge on any atom is 0.279 e. The van der Waals surface area contributed by atoms with Crippen molar-refractivity contribution in [1.82, 2.24) is 4.98 Å². The average molecular weight is 395 g/mol. The summed E-state index contributed by atoms with van der Waals surface area (Å²) in [6.07, 6.45) is 4.10. The molecule has 2 aromatic carbocycles. The van der Waals surface area contributed by atoms with Crippen molar-refractivity contribution in [3.05, 3.63) is 58.6 Å². The van der Waals surface area contributed by atoms with Crippen molar-refractivity contribution in [3.8, 4) is 0 Å². The first-order chi connectivity index (χ1) is 13.7. The molecule has 3 aromatic rings. The molecule has 4 rings (SSSR count). The van der Waals surface area contributed by atoms with Crippen molar-refractivity contribution in [2.45, 2.75) is 45.6 Å². The van der Waals surface area contributed by atoms with E-state index >= 15 is 0 Å². The third-order valence-corrected chi connectivity index (χ3v) is 6.89. The van der Waals surface area contributed by atoms with Gasteiger partial charge in [0.1, 0.15) is 6.04 Å². The monoisotopic (exact) mass is 394 g/mol. The van der Waals surface area contributed by atoms with Gasteiger partial charge < -0.3 is 10.2 Å². The van der Waals surface area contributed by atoms with E-state index in [0.29, 0.717) is 12.6 Å². The van der Waals surface area contributed by atoms with Gasteiger partial charge in [-0.05, 0) is 36.1 Å². The molecule has 2 heterocycles. The van der Waals surface area contributed by atoms with Gasteiger partial charge in [-0.2, -0.15) is 0 Å². The van der Waals surface area contributed by atoms with Crippen molar-refractivity contribution in [3.63, 3.8) is 0 Å². The smallest absolute Gasteiger partial charge is 0.279 e. The molecule has 0 spiro atoms. The largest absolute Gasteiger partial charge is 0.321 e. The summed E-state index contributed by atoms with van der Waals surface area (Å²) in [6, 6.07) is 14.9. The second-order valence-corrected chi connectivity index (χ2v) is 8.57. The van der Waals surface area contributed by atoms with Gasteiger partial charge in [-0.3, -0.25) is 4.79 Å². The van der Waals surface area contributed by atoms with E-state index in [1.54, 1.807) is 11.3 Å². The Kier molecular flexibility index (Phi) is 5.74. The van der Waals surface area contributed by atoms with E-state index in [0.717, 1.165) is 43.4 Å². The van der Waals surface area contributed by atoms with Crippen LogP contribution in [0.15, 0.2) is 42.5 Å². The van der Waals surface area contributed by atoms with Crippen molar-refractivity contribution in [1.29, 1.82) is 0 Å². The number of amides is 1. The molecule has 0 bridgehead atoms. The van der Waals surface area contributed by atoms with Gasteiger partial charge in [0.05, 0.1) is 16.8 Å². The second-order valence-electron chi connectivity index (χ2n) is 7.51. The predicted molar refractivity (Wildman–Crippen MR) is 116 cm³/mol. The predicted octanol–water partition coefficient (Wildman–Crippen LogP) is 3.78. The molecule has 28 heavy (non-hydrogen) atoms. The minimum absolute atomic E-state index is 0.110. The molecule has 0 saturated carbocycles. The summed E-state index contributed by atoms with van der Waals surface area (Å²) in [5.41, 5.74) is 4.52. The highest BCUT2D eigenvalue weighted by Gasteiger charge is 2.34. The number of carbonyl (C=O) groups is 1. The normalized spacial score (nSPS) is 19.2. The van der Waals surface area contributed by atoms with Gasteiger partial charge in [-0.15, -0.1) is 11.3 Å². The molecule has 2 N–H and O–H groups in total. The van der Waals surface area contributed by atoms with E-state index in [-0.39, 0.29) is 5.91 Å². The Labute approximate surface area is 170 Å². The molecule has 4 nitrogen and oxygen atoms in total. The number of hydrogen-bond donors (Lipinski definition) is 2. The number of benzene rings is 2. The number of aryl methyl sites for hydroxylation is 2. The quantitative estimate of drug-likeness (QED) is 0.668. The number of carbonyl (C=O) groups excluding carboxylic acids is 1. The van der Waals surface area contributed by atoms with Gasteiger partial charge >= 0.3 is 0 Å². The highest BCUT2D eigenvalue weighted by atomic mass is 32.1. The van der Waals surface area contributed by atoms with Crippen LogP contribution >= 0.6 is 11.3 Å². The number of nitrogens with one attached hydrogen (secondary N) is 2.